The summed E-state index contributed by atoms with van der Waals surface area (Å²) in [7, 11) is 1.74. The monoisotopic (exact) mass is 362 g/mol. The van der Waals surface area contributed by atoms with Crippen LogP contribution in [0.4, 0.5) is 4.79 Å². The second kappa shape index (κ2) is 7.82. The molecule has 2 aliphatic rings. The highest BCUT2D eigenvalue weighted by Gasteiger charge is 2.38. The van der Waals surface area contributed by atoms with Crippen molar-refractivity contribution in [2.45, 2.75) is 57.6 Å². The van der Waals surface area contributed by atoms with Crippen LogP contribution in [0.15, 0.2) is 18.5 Å². The molecule has 6 nitrogen and oxygen atoms in total. The van der Waals surface area contributed by atoms with E-state index >= 15 is 0 Å². The first-order valence-electron chi connectivity index (χ1n) is 9.43. The number of rotatable bonds is 7. The molecule has 1 amide bonds. The summed E-state index contributed by atoms with van der Waals surface area (Å²) in [6, 6.07) is 2.16. The summed E-state index contributed by atoms with van der Waals surface area (Å²) in [6.07, 6.45) is 6.65. The van der Waals surface area contributed by atoms with Gasteiger partial charge in [0.25, 0.3) is 0 Å². The standard InChI is InChI=1S/C20H30N2O4/c1-20(2,3)26-19(23)22-7-5-16(22)13-25-17-9-15(11-21-12-17)18-10-14(18)6-8-24-4/h9,11-12,14,16,18H,5-8,10,13H2,1-4H3. The smallest absolute Gasteiger partial charge is 0.410 e. The maximum absolute atomic E-state index is 12.2. The Hall–Kier alpha value is -1.82. The summed E-state index contributed by atoms with van der Waals surface area (Å²) in [5.41, 5.74) is 0.765. The van der Waals surface area contributed by atoms with Crippen LogP contribution in [0, 0.1) is 5.92 Å². The molecule has 6 heteroatoms. The van der Waals surface area contributed by atoms with E-state index < -0.39 is 5.60 Å². The normalized spacial score (nSPS) is 24.8. The number of carbonyl (C=O) groups is 1. The number of nitrogens with zero attached hydrogens (tertiary/aromatic N) is 2. The Bertz CT molecular complexity index is 628. The van der Waals surface area contributed by atoms with Crippen LogP contribution in [0.3, 0.4) is 0 Å². The van der Waals surface area contributed by atoms with Crippen LogP contribution >= 0.6 is 0 Å². The summed E-state index contributed by atoms with van der Waals surface area (Å²) >= 11 is 0. The van der Waals surface area contributed by atoms with Gasteiger partial charge < -0.3 is 19.1 Å². The van der Waals surface area contributed by atoms with Crippen LogP contribution in [0.25, 0.3) is 0 Å². The average Bonchev–Trinajstić information content (AvgIpc) is 3.30. The summed E-state index contributed by atoms with van der Waals surface area (Å²) in [6.45, 7) is 7.65. The van der Waals surface area contributed by atoms with Crippen LogP contribution in [0.2, 0.25) is 0 Å². The summed E-state index contributed by atoms with van der Waals surface area (Å²) in [5.74, 6) is 2.04. The number of methoxy groups -OCH3 is 1. The molecule has 0 radical (unpaired) electrons. The molecule has 0 aromatic carbocycles. The lowest BCUT2D eigenvalue weighted by Crippen LogP contribution is -2.55. The Balaban J connectivity index is 1.48. The highest BCUT2D eigenvalue weighted by atomic mass is 16.6. The van der Waals surface area contributed by atoms with E-state index in [1.165, 1.54) is 12.0 Å². The molecule has 3 unspecified atom stereocenters. The van der Waals surface area contributed by atoms with Crippen molar-refractivity contribution in [1.29, 1.82) is 0 Å². The van der Waals surface area contributed by atoms with Gasteiger partial charge >= 0.3 is 6.09 Å². The second-order valence-corrected chi connectivity index (χ2v) is 8.26. The van der Waals surface area contributed by atoms with Crippen LogP contribution in [-0.2, 0) is 9.47 Å². The Kier molecular flexibility index (Phi) is 5.70. The third-order valence-corrected chi connectivity index (χ3v) is 4.99. The van der Waals surface area contributed by atoms with Crippen molar-refractivity contribution in [2.24, 2.45) is 5.92 Å². The average molecular weight is 362 g/mol. The van der Waals surface area contributed by atoms with Gasteiger partial charge in [0.1, 0.15) is 18.0 Å². The Labute approximate surface area is 155 Å². The molecule has 2 fully saturated rings. The third kappa shape index (κ3) is 4.87. The van der Waals surface area contributed by atoms with Gasteiger partial charge in [-0.3, -0.25) is 4.98 Å². The van der Waals surface area contributed by atoms with Gasteiger partial charge in [-0.1, -0.05) is 0 Å². The van der Waals surface area contributed by atoms with E-state index in [1.54, 1.807) is 18.2 Å². The van der Waals surface area contributed by atoms with Crippen molar-refractivity contribution in [3.8, 4) is 5.75 Å². The van der Waals surface area contributed by atoms with Crippen molar-refractivity contribution in [3.05, 3.63) is 24.0 Å². The number of carbonyl (C=O) groups excluding carboxylic acids is 1. The minimum absolute atomic E-state index is 0.0730. The molecule has 26 heavy (non-hydrogen) atoms. The predicted octanol–water partition coefficient (Wildman–Crippen LogP) is 3.61. The number of likely N-dealkylation sites (tertiary alicyclic amines) is 1. The fourth-order valence-corrected chi connectivity index (χ4v) is 3.33. The molecule has 1 aromatic heterocycles. The van der Waals surface area contributed by atoms with E-state index in [1.807, 2.05) is 27.0 Å². The molecule has 3 rings (SSSR count). The first kappa shape index (κ1) is 19.0. The summed E-state index contributed by atoms with van der Waals surface area (Å²) < 4.78 is 16.5. The van der Waals surface area contributed by atoms with Gasteiger partial charge in [-0.25, -0.2) is 4.79 Å². The molecule has 0 bridgehead atoms. The Morgan fingerprint density at radius 3 is 2.81 bits per heavy atom. The quantitative estimate of drug-likeness (QED) is 0.741. The van der Waals surface area contributed by atoms with Crippen molar-refractivity contribution in [1.82, 2.24) is 9.88 Å². The largest absolute Gasteiger partial charge is 0.490 e. The maximum atomic E-state index is 12.2. The van der Waals surface area contributed by atoms with E-state index in [4.69, 9.17) is 14.2 Å². The van der Waals surface area contributed by atoms with Gasteiger partial charge in [0.2, 0.25) is 0 Å². The van der Waals surface area contributed by atoms with Gasteiger partial charge in [0.05, 0.1) is 12.2 Å². The fourth-order valence-electron chi connectivity index (χ4n) is 3.33. The zero-order valence-corrected chi connectivity index (χ0v) is 16.2. The minimum atomic E-state index is -0.472. The first-order valence-corrected chi connectivity index (χ1v) is 9.43. The van der Waals surface area contributed by atoms with E-state index in [9.17, 15) is 4.79 Å². The van der Waals surface area contributed by atoms with Crippen molar-refractivity contribution >= 4 is 6.09 Å². The van der Waals surface area contributed by atoms with E-state index in [0.717, 1.165) is 31.7 Å². The van der Waals surface area contributed by atoms with Gasteiger partial charge in [0.15, 0.2) is 0 Å². The second-order valence-electron chi connectivity index (χ2n) is 8.26. The van der Waals surface area contributed by atoms with Crippen LogP contribution in [0.1, 0.15) is 51.5 Å². The van der Waals surface area contributed by atoms with Crippen LogP contribution < -0.4 is 4.74 Å². The SMILES string of the molecule is COCCC1CC1c1cncc(OCC2CCN2C(=O)OC(C)(C)C)c1. The van der Waals surface area contributed by atoms with Crippen LogP contribution in [-0.4, -0.2) is 54.5 Å². The molecule has 1 aliphatic heterocycles. The molecule has 144 valence electrons. The zero-order valence-electron chi connectivity index (χ0n) is 16.2. The van der Waals surface area contributed by atoms with Crippen molar-refractivity contribution in [3.63, 3.8) is 0 Å². The Morgan fingerprint density at radius 2 is 2.15 bits per heavy atom. The highest BCUT2D eigenvalue weighted by Crippen LogP contribution is 2.49. The topological polar surface area (TPSA) is 60.9 Å². The number of hydrogen-bond donors (Lipinski definition) is 0. The first-order chi connectivity index (χ1) is 12.4. The van der Waals surface area contributed by atoms with Crippen molar-refractivity contribution in [2.75, 3.05) is 26.9 Å². The van der Waals surface area contributed by atoms with Crippen molar-refractivity contribution < 1.29 is 19.0 Å². The van der Waals surface area contributed by atoms with Gasteiger partial charge in [-0.05, 0) is 63.5 Å². The number of amides is 1. The molecule has 2 heterocycles. The molecule has 1 aromatic rings. The maximum Gasteiger partial charge on any atom is 0.410 e. The lowest BCUT2D eigenvalue weighted by atomic mass is 10.1. The van der Waals surface area contributed by atoms with E-state index in [0.29, 0.717) is 18.4 Å². The summed E-state index contributed by atoms with van der Waals surface area (Å²) in [4.78, 5) is 18.2. The van der Waals surface area contributed by atoms with Crippen LogP contribution in [0.5, 0.6) is 5.75 Å². The van der Waals surface area contributed by atoms with E-state index in [-0.39, 0.29) is 12.1 Å². The Morgan fingerprint density at radius 1 is 1.35 bits per heavy atom. The molecule has 0 spiro atoms. The molecule has 1 aliphatic carbocycles. The fraction of sp³-hybridized carbons (Fsp3) is 0.700. The lowest BCUT2D eigenvalue weighted by Gasteiger charge is -2.40. The highest BCUT2D eigenvalue weighted by molar-refractivity contribution is 5.69. The molecular formula is C20H30N2O4. The van der Waals surface area contributed by atoms with Gasteiger partial charge in [0, 0.05) is 26.5 Å². The zero-order chi connectivity index (χ0) is 18.7. The molecule has 1 saturated carbocycles. The lowest BCUT2D eigenvalue weighted by molar-refractivity contribution is -0.0141. The molecule has 0 N–H and O–H groups in total. The molecular weight excluding hydrogens is 332 g/mol. The molecule has 1 saturated heterocycles. The number of hydrogen-bond acceptors (Lipinski definition) is 5. The predicted molar refractivity (Wildman–Crippen MR) is 98.4 cm³/mol. The number of ether oxygens (including phenoxy) is 3. The number of aromatic nitrogens is 1. The number of pyridine rings is 1. The summed E-state index contributed by atoms with van der Waals surface area (Å²) in [5, 5.41) is 0. The molecule has 3 atom stereocenters. The van der Waals surface area contributed by atoms with Gasteiger partial charge in [-0.2, -0.15) is 0 Å². The van der Waals surface area contributed by atoms with Gasteiger partial charge in [-0.15, -0.1) is 0 Å². The van der Waals surface area contributed by atoms with E-state index in [2.05, 4.69) is 11.1 Å². The minimum Gasteiger partial charge on any atom is -0.490 e. The third-order valence-electron chi connectivity index (χ3n) is 4.99.